The van der Waals surface area contributed by atoms with E-state index in [-0.39, 0.29) is 0 Å². The van der Waals surface area contributed by atoms with E-state index >= 15 is 0 Å². The number of aromatic nitrogens is 1. The zero-order chi connectivity index (χ0) is 14.1. The van der Waals surface area contributed by atoms with E-state index in [0.717, 1.165) is 26.7 Å². The lowest BCUT2D eigenvalue weighted by Gasteiger charge is -2.08. The van der Waals surface area contributed by atoms with Crippen LogP contribution in [-0.2, 0) is 0 Å². The number of benzene rings is 2. The minimum atomic E-state index is 0.549. The molecule has 0 fully saturated rings. The maximum Gasteiger partial charge on any atom is 0.219 e. The molecule has 3 nitrogen and oxygen atoms in total. The van der Waals surface area contributed by atoms with Gasteiger partial charge in [0.2, 0.25) is 5.88 Å². The van der Waals surface area contributed by atoms with Crippen molar-refractivity contribution in [3.63, 3.8) is 0 Å². The summed E-state index contributed by atoms with van der Waals surface area (Å²) in [6.45, 7) is 1.86. The molecule has 4 heteroatoms. The highest BCUT2D eigenvalue weighted by atomic mass is 79.9. The van der Waals surface area contributed by atoms with E-state index in [2.05, 4.69) is 27.0 Å². The van der Waals surface area contributed by atoms with Crippen molar-refractivity contribution < 1.29 is 4.74 Å². The van der Waals surface area contributed by atoms with Crippen molar-refractivity contribution in [1.82, 2.24) is 4.98 Å². The van der Waals surface area contributed by atoms with Crippen LogP contribution in [0.2, 0.25) is 0 Å². The molecule has 0 atom stereocenters. The molecule has 0 bridgehead atoms. The van der Waals surface area contributed by atoms with Crippen molar-refractivity contribution in [2.24, 2.45) is 0 Å². The first-order chi connectivity index (χ1) is 9.61. The van der Waals surface area contributed by atoms with Crippen molar-refractivity contribution >= 4 is 32.4 Å². The van der Waals surface area contributed by atoms with E-state index in [9.17, 15) is 0 Å². The molecule has 0 radical (unpaired) electrons. The summed E-state index contributed by atoms with van der Waals surface area (Å²) >= 11 is 3.47. The summed E-state index contributed by atoms with van der Waals surface area (Å²) in [7, 11) is 0. The van der Waals surface area contributed by atoms with Crippen LogP contribution >= 0.6 is 15.9 Å². The normalized spacial score (nSPS) is 10.7. The van der Waals surface area contributed by atoms with Gasteiger partial charge >= 0.3 is 0 Å². The van der Waals surface area contributed by atoms with Gasteiger partial charge in [0.1, 0.15) is 5.75 Å². The van der Waals surface area contributed by atoms with Crippen molar-refractivity contribution in [1.29, 1.82) is 0 Å². The van der Waals surface area contributed by atoms with Crippen molar-refractivity contribution in [3.8, 4) is 11.6 Å². The van der Waals surface area contributed by atoms with Crippen LogP contribution in [0.1, 0.15) is 5.69 Å². The molecule has 0 saturated heterocycles. The minimum Gasteiger partial charge on any atom is -0.439 e. The van der Waals surface area contributed by atoms with Gasteiger partial charge in [0.15, 0.2) is 0 Å². The van der Waals surface area contributed by atoms with Crippen LogP contribution < -0.4 is 10.5 Å². The Morgan fingerprint density at radius 3 is 2.55 bits per heavy atom. The van der Waals surface area contributed by atoms with Gasteiger partial charge in [-0.15, -0.1) is 0 Å². The van der Waals surface area contributed by atoms with Crippen LogP contribution in [0.15, 0.2) is 53.0 Å². The van der Waals surface area contributed by atoms with Crippen LogP contribution in [0.3, 0.4) is 0 Å². The number of hydrogen-bond donors (Lipinski definition) is 1. The van der Waals surface area contributed by atoms with Crippen LogP contribution in [0.5, 0.6) is 11.6 Å². The molecule has 3 rings (SSSR count). The molecule has 100 valence electrons. The maximum atomic E-state index is 5.77. The molecule has 0 unspecified atom stereocenters. The molecular weight excluding hydrogens is 316 g/mol. The Kier molecular flexibility index (Phi) is 3.32. The number of nitrogens with two attached hydrogens (primary N) is 1. The minimum absolute atomic E-state index is 0.549. The first-order valence-corrected chi connectivity index (χ1v) is 7.01. The van der Waals surface area contributed by atoms with Gasteiger partial charge in [-0.1, -0.05) is 28.1 Å². The number of aryl methyl sites for hydroxylation is 1. The smallest absolute Gasteiger partial charge is 0.219 e. The molecule has 0 aliphatic carbocycles. The second-order valence-corrected chi connectivity index (χ2v) is 5.50. The number of pyridine rings is 1. The number of nitrogens with zero attached hydrogens (tertiary/aromatic N) is 1. The lowest BCUT2D eigenvalue weighted by Crippen LogP contribution is -1.95. The van der Waals surface area contributed by atoms with E-state index in [0.29, 0.717) is 11.6 Å². The van der Waals surface area contributed by atoms with Crippen molar-refractivity contribution in [2.45, 2.75) is 6.92 Å². The van der Waals surface area contributed by atoms with Crippen molar-refractivity contribution in [2.75, 3.05) is 5.73 Å². The molecule has 0 aliphatic heterocycles. The van der Waals surface area contributed by atoms with E-state index in [1.54, 1.807) is 12.1 Å². The maximum absolute atomic E-state index is 5.77. The van der Waals surface area contributed by atoms with Gasteiger partial charge < -0.3 is 10.5 Å². The Morgan fingerprint density at radius 1 is 1.00 bits per heavy atom. The van der Waals surface area contributed by atoms with E-state index < -0.39 is 0 Å². The number of anilines is 1. The fourth-order valence-corrected chi connectivity index (χ4v) is 2.36. The molecule has 0 aliphatic rings. The third kappa shape index (κ3) is 2.60. The van der Waals surface area contributed by atoms with Gasteiger partial charge in [-0.05, 0) is 48.0 Å². The lowest BCUT2D eigenvalue weighted by molar-refractivity contribution is 0.462. The molecule has 0 saturated carbocycles. The number of rotatable bonds is 2. The van der Waals surface area contributed by atoms with Gasteiger partial charge in [0.25, 0.3) is 0 Å². The van der Waals surface area contributed by atoms with Gasteiger partial charge in [-0.3, -0.25) is 0 Å². The molecule has 1 aromatic heterocycles. The topological polar surface area (TPSA) is 48.1 Å². The molecule has 2 aromatic carbocycles. The highest BCUT2D eigenvalue weighted by molar-refractivity contribution is 9.10. The van der Waals surface area contributed by atoms with Crippen LogP contribution in [0.4, 0.5) is 5.69 Å². The molecule has 3 aromatic rings. The van der Waals surface area contributed by atoms with Gasteiger partial charge in [0.05, 0.1) is 11.4 Å². The molecule has 0 amide bonds. The van der Waals surface area contributed by atoms with Crippen LogP contribution in [0.25, 0.3) is 10.8 Å². The summed E-state index contributed by atoms with van der Waals surface area (Å²) in [6, 6.07) is 15.7. The highest BCUT2D eigenvalue weighted by Crippen LogP contribution is 2.27. The third-order valence-corrected chi connectivity index (χ3v) is 3.59. The molecule has 0 spiro atoms. The summed E-state index contributed by atoms with van der Waals surface area (Å²) in [6.07, 6.45) is 0. The van der Waals surface area contributed by atoms with Crippen molar-refractivity contribution in [3.05, 3.63) is 58.7 Å². The van der Waals surface area contributed by atoms with E-state index in [4.69, 9.17) is 10.5 Å². The number of ether oxygens (including phenoxy) is 1. The first kappa shape index (κ1) is 12.9. The largest absolute Gasteiger partial charge is 0.439 e. The Morgan fingerprint density at radius 2 is 1.75 bits per heavy atom. The average molecular weight is 329 g/mol. The Labute approximate surface area is 125 Å². The number of halogens is 1. The van der Waals surface area contributed by atoms with Crippen LogP contribution in [0, 0.1) is 6.92 Å². The fourth-order valence-electron chi connectivity index (χ4n) is 1.98. The van der Waals surface area contributed by atoms with E-state index in [1.807, 2.05) is 37.3 Å². The number of fused-ring (bicyclic) bond motifs is 1. The second-order valence-electron chi connectivity index (χ2n) is 4.58. The average Bonchev–Trinajstić information content (AvgIpc) is 2.43. The standard InChI is InChI=1S/C16H13BrN2O/c1-10-15(18)6-7-16(19-10)20-14-5-3-11-8-13(17)4-2-12(11)9-14/h2-9H,18H2,1H3. The second kappa shape index (κ2) is 5.13. The van der Waals surface area contributed by atoms with Gasteiger partial charge in [-0.25, -0.2) is 4.98 Å². The monoisotopic (exact) mass is 328 g/mol. The summed E-state index contributed by atoms with van der Waals surface area (Å²) in [5, 5.41) is 2.28. The predicted octanol–water partition coefficient (Wildman–Crippen LogP) is 4.68. The first-order valence-electron chi connectivity index (χ1n) is 6.22. The summed E-state index contributed by atoms with van der Waals surface area (Å²) in [4.78, 5) is 4.31. The van der Waals surface area contributed by atoms with Gasteiger partial charge in [-0.2, -0.15) is 0 Å². The SMILES string of the molecule is Cc1nc(Oc2ccc3cc(Br)ccc3c2)ccc1N. The molecule has 1 heterocycles. The molecule has 20 heavy (non-hydrogen) atoms. The quantitative estimate of drug-likeness (QED) is 0.742. The molecule has 2 N–H and O–H groups in total. The summed E-state index contributed by atoms with van der Waals surface area (Å²) in [5.41, 5.74) is 7.19. The highest BCUT2D eigenvalue weighted by Gasteiger charge is 2.03. The Hall–Kier alpha value is -2.07. The number of nitrogen functional groups attached to an aromatic ring is 1. The number of hydrogen-bond acceptors (Lipinski definition) is 3. The Bertz CT molecular complexity index is 787. The van der Waals surface area contributed by atoms with E-state index in [1.165, 1.54) is 0 Å². The third-order valence-electron chi connectivity index (χ3n) is 3.10. The zero-order valence-corrected chi connectivity index (χ0v) is 12.5. The summed E-state index contributed by atoms with van der Waals surface area (Å²) < 4.78 is 6.84. The zero-order valence-electron chi connectivity index (χ0n) is 10.9. The predicted molar refractivity (Wildman–Crippen MR) is 85.1 cm³/mol. The van der Waals surface area contributed by atoms with Gasteiger partial charge in [0, 0.05) is 10.5 Å². The summed E-state index contributed by atoms with van der Waals surface area (Å²) in [5.74, 6) is 1.31. The lowest BCUT2D eigenvalue weighted by atomic mass is 10.1. The fraction of sp³-hybridized carbons (Fsp3) is 0.0625. The Balaban J connectivity index is 1.94. The molecular formula is C16H13BrN2O. The van der Waals surface area contributed by atoms with Crippen LogP contribution in [-0.4, -0.2) is 4.98 Å².